The van der Waals surface area contributed by atoms with Crippen molar-refractivity contribution in [3.8, 4) is 11.1 Å². The Hall–Kier alpha value is -3.54. The van der Waals surface area contributed by atoms with Gasteiger partial charge in [0.15, 0.2) is 0 Å². The minimum absolute atomic E-state index is 0.164. The van der Waals surface area contributed by atoms with Crippen LogP contribution in [0.25, 0.3) is 11.1 Å². The molecule has 232 valence electrons. The lowest BCUT2D eigenvalue weighted by Crippen LogP contribution is -2.47. The molecule has 44 heavy (non-hydrogen) atoms. The number of carbonyl (C=O) groups is 2. The Labute approximate surface area is 268 Å². The van der Waals surface area contributed by atoms with E-state index in [1.807, 2.05) is 41.9 Å². The van der Waals surface area contributed by atoms with Crippen molar-refractivity contribution in [1.82, 2.24) is 24.9 Å². The van der Waals surface area contributed by atoms with Crippen molar-refractivity contribution in [2.75, 3.05) is 11.9 Å². The molecule has 0 radical (unpaired) electrons. The van der Waals surface area contributed by atoms with Crippen molar-refractivity contribution < 1.29 is 14.3 Å². The van der Waals surface area contributed by atoms with Gasteiger partial charge < -0.3 is 15.4 Å². The average molecular weight is 678 g/mol. The van der Waals surface area contributed by atoms with E-state index in [0.717, 1.165) is 58.0 Å². The number of ether oxygens (including phenoxy) is 1. The van der Waals surface area contributed by atoms with Crippen LogP contribution < -0.4 is 10.6 Å². The minimum atomic E-state index is -1.15. The van der Waals surface area contributed by atoms with Crippen LogP contribution >= 0.6 is 15.9 Å². The number of rotatable bonds is 11. The predicted molar refractivity (Wildman–Crippen MR) is 180 cm³/mol. The first-order chi connectivity index (χ1) is 20.9. The molecule has 0 aliphatic heterocycles. The quantitative estimate of drug-likeness (QED) is 0.141. The van der Waals surface area contributed by atoms with Crippen LogP contribution in [0.3, 0.4) is 0 Å². The number of hydrogen-bond acceptors (Lipinski definition) is 5. The first kappa shape index (κ1) is 31.9. The summed E-state index contributed by atoms with van der Waals surface area (Å²) in [4.78, 5) is 27.1. The third kappa shape index (κ3) is 7.22. The summed E-state index contributed by atoms with van der Waals surface area (Å²) >= 11 is 3.57. The molecule has 0 saturated heterocycles. The lowest BCUT2D eigenvalue weighted by molar-refractivity contribution is -0.118. The van der Waals surface area contributed by atoms with Crippen molar-refractivity contribution in [2.24, 2.45) is 7.05 Å². The standard InChI is InChI=1S/C33H41BrN6O3Si/c1-21-30(22(2)40(38-21)20-43-17-18-44(4,5)6)24-8-12-26(13-9-24)36-33(42)31(37-32(41)29-15-16-35-39(29)3)27-14-10-23-7-11-25(34)19-28(23)27/h7-9,11-13,15-16,19,27,31H,10,14,17-18,20H2,1-6H3,(H,36,42)(H,37,41)/t27-,31+/m1/s1. The summed E-state index contributed by atoms with van der Waals surface area (Å²) < 4.78 is 10.3. The predicted octanol–water partition coefficient (Wildman–Crippen LogP) is 6.44. The van der Waals surface area contributed by atoms with Crippen LogP contribution in [0, 0.1) is 13.8 Å². The van der Waals surface area contributed by atoms with E-state index in [0.29, 0.717) is 18.1 Å². The second-order valence-corrected chi connectivity index (χ2v) is 19.3. The molecule has 1 aliphatic carbocycles. The van der Waals surface area contributed by atoms with E-state index in [9.17, 15) is 9.59 Å². The summed E-state index contributed by atoms with van der Waals surface area (Å²) in [7, 11) is 0.559. The number of anilines is 1. The summed E-state index contributed by atoms with van der Waals surface area (Å²) in [6.07, 6.45) is 3.18. The highest BCUT2D eigenvalue weighted by molar-refractivity contribution is 9.10. The molecule has 5 rings (SSSR count). The number of benzene rings is 2. The molecule has 0 saturated carbocycles. The molecule has 0 bridgehead atoms. The number of carbonyl (C=O) groups excluding carboxylic acids is 2. The van der Waals surface area contributed by atoms with E-state index in [1.165, 1.54) is 10.2 Å². The fraction of sp³-hybridized carbons (Fsp3) is 0.394. The van der Waals surface area contributed by atoms with Crippen LogP contribution in [-0.4, -0.2) is 52.1 Å². The average Bonchev–Trinajstić information content (AvgIpc) is 3.66. The van der Waals surface area contributed by atoms with Gasteiger partial charge in [0.2, 0.25) is 5.91 Å². The van der Waals surface area contributed by atoms with Gasteiger partial charge in [-0.25, -0.2) is 4.68 Å². The van der Waals surface area contributed by atoms with E-state index >= 15 is 0 Å². The highest BCUT2D eigenvalue weighted by atomic mass is 79.9. The molecule has 0 unspecified atom stereocenters. The summed E-state index contributed by atoms with van der Waals surface area (Å²) in [5.41, 5.74) is 7.37. The molecule has 1 aliphatic rings. The number of halogens is 1. The van der Waals surface area contributed by atoms with Gasteiger partial charge in [-0.05, 0) is 79.8 Å². The fourth-order valence-corrected chi connectivity index (χ4v) is 6.96. The smallest absolute Gasteiger partial charge is 0.270 e. The minimum Gasteiger partial charge on any atom is -0.360 e. The third-order valence-electron chi connectivity index (χ3n) is 8.29. The maximum Gasteiger partial charge on any atom is 0.270 e. The fourth-order valence-electron chi connectivity index (χ4n) is 5.82. The summed E-state index contributed by atoms with van der Waals surface area (Å²) in [5, 5.41) is 14.9. The molecular weight excluding hydrogens is 636 g/mol. The molecule has 2 N–H and O–H groups in total. The van der Waals surface area contributed by atoms with Gasteiger partial charge >= 0.3 is 0 Å². The van der Waals surface area contributed by atoms with Crippen LogP contribution in [0.5, 0.6) is 0 Å². The molecule has 2 atom stereocenters. The molecule has 2 amide bonds. The Kier molecular flexibility index (Phi) is 9.57. The molecule has 2 heterocycles. The molecule has 4 aromatic rings. The number of nitrogens with one attached hydrogen (secondary N) is 2. The molecule has 0 fully saturated rings. The van der Waals surface area contributed by atoms with Crippen molar-refractivity contribution in [3.63, 3.8) is 0 Å². The number of amides is 2. The molecular formula is C33H41BrN6O3Si. The molecule has 11 heteroatoms. The van der Waals surface area contributed by atoms with Gasteiger partial charge in [0, 0.05) is 55.3 Å². The van der Waals surface area contributed by atoms with Crippen LogP contribution in [0.1, 0.15) is 45.3 Å². The molecule has 9 nitrogen and oxygen atoms in total. The van der Waals surface area contributed by atoms with Gasteiger partial charge in [-0.15, -0.1) is 0 Å². The van der Waals surface area contributed by atoms with Crippen LogP contribution in [0.4, 0.5) is 5.69 Å². The Morgan fingerprint density at radius 3 is 2.55 bits per heavy atom. The van der Waals surface area contributed by atoms with Gasteiger partial charge in [0.25, 0.3) is 5.91 Å². The first-order valence-electron chi connectivity index (χ1n) is 15.0. The largest absolute Gasteiger partial charge is 0.360 e. The van der Waals surface area contributed by atoms with Crippen molar-refractivity contribution in [2.45, 2.75) is 71.1 Å². The Bertz CT molecular complexity index is 1660. The van der Waals surface area contributed by atoms with E-state index in [1.54, 1.807) is 19.3 Å². The maximum absolute atomic E-state index is 13.9. The molecule has 0 spiro atoms. The number of fused-ring (bicyclic) bond motifs is 1. The zero-order valence-corrected chi connectivity index (χ0v) is 28.9. The van der Waals surface area contributed by atoms with Crippen LogP contribution in [-0.2, 0) is 29.7 Å². The summed E-state index contributed by atoms with van der Waals surface area (Å²) in [6.45, 7) is 12.3. The lowest BCUT2D eigenvalue weighted by atomic mass is 9.92. The normalized spacial score (nSPS) is 15.2. The second kappa shape index (κ2) is 13.2. The van der Waals surface area contributed by atoms with Gasteiger partial charge in [0.05, 0.1) is 5.69 Å². The first-order valence-corrected chi connectivity index (χ1v) is 19.5. The monoisotopic (exact) mass is 676 g/mol. The van der Waals surface area contributed by atoms with Gasteiger partial charge in [0.1, 0.15) is 18.5 Å². The second-order valence-electron chi connectivity index (χ2n) is 12.7. The van der Waals surface area contributed by atoms with Crippen molar-refractivity contribution >= 4 is 41.5 Å². The zero-order chi connectivity index (χ0) is 31.6. The summed E-state index contributed by atoms with van der Waals surface area (Å²) in [6, 6.07) is 15.9. The zero-order valence-electron chi connectivity index (χ0n) is 26.3. The highest BCUT2D eigenvalue weighted by Crippen LogP contribution is 2.38. The Balaban J connectivity index is 1.32. The van der Waals surface area contributed by atoms with Crippen molar-refractivity contribution in [3.05, 3.63) is 87.4 Å². The van der Waals surface area contributed by atoms with Gasteiger partial charge in [-0.2, -0.15) is 10.2 Å². The van der Waals surface area contributed by atoms with Crippen molar-refractivity contribution in [1.29, 1.82) is 0 Å². The third-order valence-corrected chi connectivity index (χ3v) is 10.5. The topological polar surface area (TPSA) is 103 Å². The van der Waals surface area contributed by atoms with Gasteiger partial charge in [-0.3, -0.25) is 14.3 Å². The highest BCUT2D eigenvalue weighted by Gasteiger charge is 2.36. The molecule has 2 aromatic heterocycles. The lowest BCUT2D eigenvalue weighted by Gasteiger charge is -2.25. The molecule has 2 aromatic carbocycles. The summed E-state index contributed by atoms with van der Waals surface area (Å²) in [5.74, 6) is -0.763. The number of aromatic nitrogens is 4. The van der Waals surface area contributed by atoms with Gasteiger partial charge in [-0.1, -0.05) is 53.8 Å². The number of aryl methyl sites for hydroxylation is 3. The van der Waals surface area contributed by atoms with E-state index < -0.39 is 14.1 Å². The van der Waals surface area contributed by atoms with E-state index in [-0.39, 0.29) is 17.7 Å². The van der Waals surface area contributed by atoms with Crippen LogP contribution in [0.2, 0.25) is 25.7 Å². The van der Waals surface area contributed by atoms with Crippen LogP contribution in [0.15, 0.2) is 59.2 Å². The Morgan fingerprint density at radius 2 is 1.86 bits per heavy atom. The SMILES string of the molecule is Cc1nn(COCC[Si](C)(C)C)c(C)c1-c1ccc(NC(=O)[C@@H](NC(=O)c2ccnn2C)[C@@H]2CCc3ccc(Br)cc32)cc1. The van der Waals surface area contributed by atoms with E-state index in [2.05, 4.69) is 70.4 Å². The van der Waals surface area contributed by atoms with E-state index in [4.69, 9.17) is 9.84 Å². The Morgan fingerprint density at radius 1 is 1.11 bits per heavy atom. The number of nitrogens with zero attached hydrogens (tertiary/aromatic N) is 4. The maximum atomic E-state index is 13.9. The number of hydrogen-bond donors (Lipinski definition) is 2.